The zero-order valence-corrected chi connectivity index (χ0v) is 62.3. The van der Waals surface area contributed by atoms with E-state index in [1.165, 1.54) is 13.8 Å². The minimum absolute atomic E-state index is 0.00938. The molecule has 1 aliphatic rings. The molecular weight excluding hydrogens is 1470 g/mol. The number of unbranched alkanes of at least 4 members (excludes halogenated alkanes) is 3. The highest BCUT2D eigenvalue weighted by Gasteiger charge is 2.42. The highest BCUT2D eigenvalue weighted by Crippen LogP contribution is 2.21. The van der Waals surface area contributed by atoms with Crippen molar-refractivity contribution in [1.29, 1.82) is 0 Å². The van der Waals surface area contributed by atoms with Crippen LogP contribution < -0.4 is 86.3 Å². The summed E-state index contributed by atoms with van der Waals surface area (Å²) in [6, 6.07) is -15.2. The van der Waals surface area contributed by atoms with Crippen LogP contribution in [0.5, 0.6) is 0 Å². The predicted octanol–water partition coefficient (Wildman–Crippen LogP) is -6.70. The summed E-state index contributed by atoms with van der Waals surface area (Å²) in [5, 5.41) is 68.5. The Labute approximate surface area is 635 Å². The van der Waals surface area contributed by atoms with E-state index in [9.17, 15) is 116 Å². The number of carboxylic acid groups (broad SMARTS) is 4. The zero-order valence-electron chi connectivity index (χ0n) is 62.3. The number of H-pyrrole nitrogens is 1. The summed E-state index contributed by atoms with van der Waals surface area (Å²) >= 11 is 0. The number of ether oxygens (including phenoxy) is 2. The predicted molar refractivity (Wildman–Crippen MR) is 384 cm³/mol. The van der Waals surface area contributed by atoms with Gasteiger partial charge in [-0.2, -0.15) is 0 Å². The Morgan fingerprint density at radius 1 is 0.559 bits per heavy atom. The molecule has 3 rings (SSSR count). The van der Waals surface area contributed by atoms with Crippen molar-refractivity contribution in [3.8, 4) is 0 Å². The number of cyclic esters (lactones) is 1. The summed E-state index contributed by atoms with van der Waals surface area (Å²) in [5.74, 6) is -28.7. The van der Waals surface area contributed by atoms with E-state index >= 15 is 0 Å². The molecule has 1 aromatic heterocycles. The van der Waals surface area contributed by atoms with Crippen LogP contribution in [0.15, 0.2) is 30.5 Å². The second kappa shape index (κ2) is 46.4. The van der Waals surface area contributed by atoms with Crippen LogP contribution in [0.2, 0.25) is 0 Å². The topological polar surface area (TPSA) is 691 Å². The third-order valence-electron chi connectivity index (χ3n) is 17.0. The molecule has 0 radical (unpaired) electrons. The van der Waals surface area contributed by atoms with Gasteiger partial charge < -0.3 is 121 Å². The average molecular weight is 1570 g/mol. The molecule has 24 N–H and O–H groups in total. The van der Waals surface area contributed by atoms with E-state index in [0.29, 0.717) is 35.2 Å². The van der Waals surface area contributed by atoms with E-state index in [1.807, 2.05) is 16.0 Å². The summed E-state index contributed by atoms with van der Waals surface area (Å²) in [7, 11) is 0.794. The average Bonchev–Trinajstić information content (AvgIpc) is 1.71. The lowest BCUT2D eigenvalue weighted by atomic mass is 10.0. The second-order valence-corrected chi connectivity index (χ2v) is 26.9. The molecule has 111 heavy (non-hydrogen) atoms. The molecule has 13 atom stereocenters. The molecule has 2 aromatic rings. The fourth-order valence-electron chi connectivity index (χ4n) is 11.1. The van der Waals surface area contributed by atoms with E-state index in [2.05, 4.69) is 72.0 Å². The van der Waals surface area contributed by atoms with Crippen LogP contribution in [-0.2, 0) is 112 Å². The molecule has 1 aromatic carbocycles. The number of aromatic amines is 1. The van der Waals surface area contributed by atoms with Crippen molar-refractivity contribution in [3.05, 3.63) is 36.0 Å². The number of aromatic nitrogens is 1. The number of hydrogen-bond donors (Lipinski definition) is 21. The maximum Gasteiger partial charge on any atom is 0.335 e. The van der Waals surface area contributed by atoms with Crippen LogP contribution in [0.1, 0.15) is 137 Å². The molecule has 1 saturated heterocycles. The van der Waals surface area contributed by atoms with Gasteiger partial charge in [0, 0.05) is 43.5 Å². The molecular formula is C68H101N17O26. The van der Waals surface area contributed by atoms with Crippen molar-refractivity contribution in [1.82, 2.24) is 74.1 Å². The van der Waals surface area contributed by atoms with Gasteiger partial charge in [-0.3, -0.25) is 86.3 Å². The minimum Gasteiger partial charge on any atom is -0.481 e. The van der Waals surface area contributed by atoms with E-state index in [-0.39, 0.29) is 32.2 Å². The van der Waals surface area contributed by atoms with Crippen molar-refractivity contribution in [2.45, 2.75) is 217 Å². The standard InChI is InChI=1S/C68H101N17O26/c1-31(2)15-10-8-9-11-19-47(88)77-40(23-35-28-72-37-17-13-12-16-36(35)37)61(101)80-42(25-46(71)87)63(103)82-44(27-52(95)96)64(104)84-54-34(6)111-68(109)53(32(3)4)83-59(99)39(20-21-50(91)92)79-62(102)41(24-45(70)86)78-49(90)30-74-66(106)55(56(110-7)67(107)108)85-57(97)33(5)75-60(100)43(26-51(93)94)81-58(98)38(18-14-22-69)76-48(89)29-73-65(54)105/h12-13,16-17,28,31-34,38-44,53-56,72H,8-11,14-15,18-27,29-30,69H2,1-7H3,(H2,70,86)(H2,71,87)(H,73,105)(H,74,106)(H,75,100)(H,76,89)(H,77,88)(H,78,90)(H,79,102)(H,80,101)(H,81,98)(H,82,103)(H,83,99)(H,84,104)(H,85,97)(H,91,92)(H,93,94)(H,95,96)(H,107,108). The number of amides is 15. The van der Waals surface area contributed by atoms with Crippen molar-refractivity contribution < 1.29 is 126 Å². The molecule has 0 spiro atoms. The Morgan fingerprint density at radius 2 is 1.11 bits per heavy atom. The van der Waals surface area contributed by atoms with Gasteiger partial charge in [0.15, 0.2) is 6.10 Å². The number of fused-ring (bicyclic) bond motifs is 1. The third-order valence-corrected chi connectivity index (χ3v) is 17.0. The molecule has 0 aliphatic carbocycles. The second-order valence-electron chi connectivity index (χ2n) is 26.9. The number of methoxy groups -OCH3 is 1. The largest absolute Gasteiger partial charge is 0.481 e. The van der Waals surface area contributed by atoms with E-state index in [1.54, 1.807) is 30.5 Å². The lowest BCUT2D eigenvalue weighted by Crippen LogP contribution is -2.62. The Bertz CT molecular complexity index is 3720. The molecule has 614 valence electrons. The Kier molecular flexibility index (Phi) is 39.0. The Hall–Kier alpha value is -11.9. The number of aliphatic carboxylic acids is 4. The number of esters is 1. The quantitative estimate of drug-likeness (QED) is 0.0229. The van der Waals surface area contributed by atoms with Gasteiger partial charge in [-0.25, -0.2) is 9.59 Å². The van der Waals surface area contributed by atoms with Gasteiger partial charge in [-0.1, -0.05) is 71.6 Å². The highest BCUT2D eigenvalue weighted by atomic mass is 16.5. The summed E-state index contributed by atoms with van der Waals surface area (Å²) < 4.78 is 10.5. The fraction of sp³-hybridized carbons (Fsp3) is 0.588. The number of nitrogens with two attached hydrogens (primary N) is 3. The number of benzene rings is 1. The normalized spacial score (nSPS) is 21.7. The van der Waals surface area contributed by atoms with Crippen LogP contribution >= 0.6 is 0 Å². The smallest absolute Gasteiger partial charge is 0.335 e. The first-order chi connectivity index (χ1) is 52.2. The SMILES string of the molecule is COC(C(=O)O)C1NC(=O)C(C)NC(=O)C(CC(=O)O)NC(=O)C(CCCN)NC(=O)CNC(=O)C(NC(=O)C(CC(=O)O)NC(=O)C(CC(N)=O)NC(=O)C(Cc2c[nH]c3ccccc23)NC(=O)CCCCCCC(C)C)C(C)OC(=O)C(C(C)C)NC(=O)C(CCC(=O)O)NC(=O)C(CC(N)=O)NC(=O)CNC1=O. The van der Waals surface area contributed by atoms with Crippen molar-refractivity contribution >= 4 is 129 Å². The zero-order chi connectivity index (χ0) is 83.5. The summed E-state index contributed by atoms with van der Waals surface area (Å²) in [6.07, 6.45) is -5.86. The number of hydrogen-bond acceptors (Lipinski definition) is 23. The third kappa shape index (κ3) is 32.8. The lowest BCUT2D eigenvalue weighted by molar-refractivity contribution is -0.157. The van der Waals surface area contributed by atoms with E-state index < -0.39 is 255 Å². The van der Waals surface area contributed by atoms with Crippen LogP contribution in [0.4, 0.5) is 0 Å². The Morgan fingerprint density at radius 3 is 1.68 bits per heavy atom. The molecule has 2 heterocycles. The first-order valence-electron chi connectivity index (χ1n) is 35.5. The summed E-state index contributed by atoms with van der Waals surface area (Å²) in [6.45, 7) is 6.13. The number of carbonyl (C=O) groups excluding carboxylic acids is 16. The molecule has 15 amide bonds. The van der Waals surface area contributed by atoms with Crippen LogP contribution in [0.25, 0.3) is 10.9 Å². The van der Waals surface area contributed by atoms with Crippen LogP contribution in [0.3, 0.4) is 0 Å². The number of carboxylic acids is 4. The number of primary amides is 2. The van der Waals surface area contributed by atoms with Gasteiger partial charge in [-0.15, -0.1) is 0 Å². The van der Waals surface area contributed by atoms with E-state index in [4.69, 9.17) is 26.7 Å². The van der Waals surface area contributed by atoms with Crippen molar-refractivity contribution in [2.24, 2.45) is 29.0 Å². The van der Waals surface area contributed by atoms with E-state index in [0.717, 1.165) is 40.2 Å². The molecule has 43 heteroatoms. The summed E-state index contributed by atoms with van der Waals surface area (Å²) in [4.78, 5) is 273. The number of carbonyl (C=O) groups is 20. The molecule has 13 unspecified atom stereocenters. The molecule has 0 saturated carbocycles. The monoisotopic (exact) mass is 1570 g/mol. The van der Waals surface area contributed by atoms with Gasteiger partial charge in [0.1, 0.15) is 72.6 Å². The number of nitrogens with one attached hydrogen (secondary N) is 14. The molecule has 1 aliphatic heterocycles. The fourth-order valence-corrected chi connectivity index (χ4v) is 11.1. The Balaban J connectivity index is 2.21. The molecule has 1 fully saturated rings. The van der Waals surface area contributed by atoms with Gasteiger partial charge in [0.2, 0.25) is 88.6 Å². The lowest BCUT2D eigenvalue weighted by Gasteiger charge is -2.30. The first kappa shape index (κ1) is 93.3. The first-order valence-corrected chi connectivity index (χ1v) is 35.5. The minimum atomic E-state index is -2.33. The molecule has 0 bridgehead atoms. The van der Waals surface area contributed by atoms with Crippen LogP contribution in [0, 0.1) is 11.8 Å². The summed E-state index contributed by atoms with van der Waals surface area (Å²) in [5.41, 5.74) is 17.8. The van der Waals surface area contributed by atoms with Gasteiger partial charge in [0.05, 0.1) is 38.8 Å². The van der Waals surface area contributed by atoms with Crippen LogP contribution in [-0.4, -0.2) is 249 Å². The van der Waals surface area contributed by atoms with Gasteiger partial charge in [0.25, 0.3) is 0 Å². The molecule has 43 nitrogen and oxygen atoms in total. The maximum atomic E-state index is 14.6. The van der Waals surface area contributed by atoms with Gasteiger partial charge >= 0.3 is 29.8 Å². The number of para-hydroxylation sites is 1. The van der Waals surface area contributed by atoms with Crippen molar-refractivity contribution in [3.63, 3.8) is 0 Å². The maximum absolute atomic E-state index is 14.6. The number of rotatable bonds is 34. The highest BCUT2D eigenvalue weighted by molar-refractivity contribution is 6.02. The van der Waals surface area contributed by atoms with Crippen molar-refractivity contribution in [2.75, 3.05) is 26.7 Å². The van der Waals surface area contributed by atoms with Gasteiger partial charge in [-0.05, 0) is 69.5 Å².